The van der Waals surface area contributed by atoms with Crippen molar-refractivity contribution >= 4 is 11.8 Å². The molecule has 6 heteroatoms. The van der Waals surface area contributed by atoms with Crippen LogP contribution in [0.25, 0.3) is 0 Å². The first-order valence-corrected chi connectivity index (χ1v) is 12.8. The molecule has 5 aliphatic rings. The fraction of sp³-hybridized carbons (Fsp3) is 0.704. The Balaban J connectivity index is 1.13. The van der Waals surface area contributed by atoms with E-state index < -0.39 is 0 Å². The molecule has 33 heavy (non-hydrogen) atoms. The largest absolute Gasteiger partial charge is 0.493 e. The maximum Gasteiger partial charge on any atom is 0.226 e. The van der Waals surface area contributed by atoms with Crippen LogP contribution >= 0.6 is 0 Å². The van der Waals surface area contributed by atoms with E-state index >= 15 is 0 Å². The summed E-state index contributed by atoms with van der Waals surface area (Å²) in [6, 6.07) is 6.01. The average Bonchev–Trinajstić information content (AvgIpc) is 3.30. The molecule has 4 aliphatic carbocycles. The molecule has 1 saturated heterocycles. The van der Waals surface area contributed by atoms with Gasteiger partial charge in [-0.15, -0.1) is 0 Å². The maximum absolute atomic E-state index is 13.1. The molecule has 1 aliphatic heterocycles. The van der Waals surface area contributed by atoms with Gasteiger partial charge in [-0.3, -0.25) is 9.59 Å². The molecule has 6 rings (SSSR count). The van der Waals surface area contributed by atoms with Crippen molar-refractivity contribution in [3.05, 3.63) is 23.8 Å². The first-order valence-electron chi connectivity index (χ1n) is 12.8. The lowest BCUT2D eigenvalue weighted by Gasteiger charge is -2.55. The Morgan fingerprint density at radius 1 is 1.03 bits per heavy atom. The van der Waals surface area contributed by atoms with Gasteiger partial charge in [0.2, 0.25) is 11.8 Å². The molecule has 0 unspecified atom stereocenters. The number of nitrogens with one attached hydrogen (secondary N) is 1. The molecular weight excluding hydrogens is 416 g/mol. The summed E-state index contributed by atoms with van der Waals surface area (Å²) in [6.45, 7) is 1.39. The van der Waals surface area contributed by atoms with E-state index in [4.69, 9.17) is 9.47 Å². The lowest BCUT2D eigenvalue weighted by Crippen LogP contribution is -2.53. The quantitative estimate of drug-likeness (QED) is 0.588. The van der Waals surface area contributed by atoms with E-state index in [2.05, 4.69) is 5.32 Å². The summed E-state index contributed by atoms with van der Waals surface area (Å²) in [6.07, 6.45) is 10.4. The fourth-order valence-electron chi connectivity index (χ4n) is 7.63. The number of hydrogen-bond acceptors (Lipinski definition) is 4. The van der Waals surface area contributed by atoms with Crippen LogP contribution in [0, 0.1) is 23.2 Å². The third-order valence-electron chi connectivity index (χ3n) is 8.74. The Morgan fingerprint density at radius 3 is 2.33 bits per heavy atom. The molecule has 5 fully saturated rings. The summed E-state index contributed by atoms with van der Waals surface area (Å²) in [5.41, 5.74) is 0.986. The highest BCUT2D eigenvalue weighted by Crippen LogP contribution is 2.60. The molecule has 4 bridgehead atoms. The van der Waals surface area contributed by atoms with Crippen molar-refractivity contribution in [2.75, 3.05) is 27.3 Å². The van der Waals surface area contributed by atoms with Crippen LogP contribution in [0.2, 0.25) is 0 Å². The Morgan fingerprint density at radius 2 is 1.70 bits per heavy atom. The van der Waals surface area contributed by atoms with Gasteiger partial charge in [0.15, 0.2) is 11.5 Å². The molecular formula is C27H38N2O4. The smallest absolute Gasteiger partial charge is 0.226 e. The van der Waals surface area contributed by atoms with Crippen molar-refractivity contribution in [1.82, 2.24) is 10.2 Å². The summed E-state index contributed by atoms with van der Waals surface area (Å²) >= 11 is 0. The van der Waals surface area contributed by atoms with E-state index in [0.29, 0.717) is 30.9 Å². The minimum atomic E-state index is -0.105. The second kappa shape index (κ2) is 9.19. The minimum absolute atomic E-state index is 0.0823. The second-order valence-electron chi connectivity index (χ2n) is 10.9. The number of likely N-dealkylation sites (tertiary alicyclic amines) is 1. The van der Waals surface area contributed by atoms with Gasteiger partial charge in [-0.2, -0.15) is 0 Å². The molecule has 1 N–H and O–H groups in total. The van der Waals surface area contributed by atoms with Crippen LogP contribution in [-0.4, -0.2) is 44.0 Å². The number of benzene rings is 1. The Hall–Kier alpha value is -2.24. The standard InChI is InChI=1S/C27H38N2O4/c1-32-23-8-7-21(14-24(23)33-2)22-5-4-10-29(22)25(30)6-3-9-28-26(31)27-15-18-11-19(16-27)13-20(12-18)17-27/h7-8,14,18-20,22H,3-6,9-13,15-17H2,1-2H3,(H,28,31)/t18?,19?,20?,22-,27?/m1/s1. The Bertz CT molecular complexity index is 863. The number of hydrogen-bond donors (Lipinski definition) is 1. The summed E-state index contributed by atoms with van der Waals surface area (Å²) in [5, 5.41) is 3.22. The van der Waals surface area contributed by atoms with E-state index in [1.54, 1.807) is 14.2 Å². The molecule has 2 amide bonds. The third-order valence-corrected chi connectivity index (χ3v) is 8.74. The maximum atomic E-state index is 13.1. The molecule has 1 aromatic rings. The van der Waals surface area contributed by atoms with Crippen LogP contribution in [0.5, 0.6) is 11.5 Å². The summed E-state index contributed by atoms with van der Waals surface area (Å²) in [4.78, 5) is 28.2. The zero-order chi connectivity index (χ0) is 23.0. The fourth-order valence-corrected chi connectivity index (χ4v) is 7.63. The first-order chi connectivity index (χ1) is 16.0. The molecule has 1 atom stereocenters. The topological polar surface area (TPSA) is 67.9 Å². The highest BCUT2D eigenvalue weighted by Gasteiger charge is 2.54. The van der Waals surface area contributed by atoms with Crippen molar-refractivity contribution < 1.29 is 19.1 Å². The molecule has 180 valence electrons. The van der Waals surface area contributed by atoms with Gasteiger partial charge in [-0.1, -0.05) is 6.07 Å². The predicted molar refractivity (Wildman–Crippen MR) is 126 cm³/mol. The SMILES string of the molecule is COc1ccc([C@H]2CCCN2C(=O)CCCNC(=O)C23CC4CC(CC(C4)C2)C3)cc1OC. The predicted octanol–water partition coefficient (Wildman–Crippen LogP) is 4.48. The number of methoxy groups -OCH3 is 2. The number of amides is 2. The second-order valence-corrected chi connectivity index (χ2v) is 10.9. The Kier molecular flexibility index (Phi) is 6.28. The van der Waals surface area contributed by atoms with Gasteiger partial charge in [0.25, 0.3) is 0 Å². The van der Waals surface area contributed by atoms with Gasteiger partial charge >= 0.3 is 0 Å². The Labute approximate surface area is 197 Å². The van der Waals surface area contributed by atoms with E-state index in [0.717, 1.165) is 62.0 Å². The number of carbonyl (C=O) groups excluding carboxylic acids is 2. The van der Waals surface area contributed by atoms with Crippen LogP contribution in [-0.2, 0) is 9.59 Å². The third kappa shape index (κ3) is 4.33. The van der Waals surface area contributed by atoms with E-state index in [9.17, 15) is 9.59 Å². The van der Waals surface area contributed by atoms with Crippen LogP contribution < -0.4 is 14.8 Å². The summed E-state index contributed by atoms with van der Waals surface area (Å²) in [7, 11) is 3.27. The zero-order valence-corrected chi connectivity index (χ0v) is 20.1. The normalized spacial score (nSPS) is 32.1. The number of carbonyl (C=O) groups is 2. The van der Waals surface area contributed by atoms with Gasteiger partial charge in [-0.25, -0.2) is 0 Å². The molecule has 0 aromatic heterocycles. The summed E-state index contributed by atoms with van der Waals surface area (Å²) in [5.74, 6) is 4.15. The molecule has 0 spiro atoms. The highest BCUT2D eigenvalue weighted by molar-refractivity contribution is 5.83. The van der Waals surface area contributed by atoms with Crippen LogP contribution in [0.3, 0.4) is 0 Å². The van der Waals surface area contributed by atoms with E-state index in [1.807, 2.05) is 23.1 Å². The molecule has 1 aromatic carbocycles. The zero-order valence-electron chi connectivity index (χ0n) is 20.1. The van der Waals surface area contributed by atoms with Gasteiger partial charge in [0, 0.05) is 24.9 Å². The highest BCUT2D eigenvalue weighted by atomic mass is 16.5. The molecule has 0 radical (unpaired) electrons. The van der Waals surface area contributed by atoms with Crippen molar-refractivity contribution in [3.8, 4) is 11.5 Å². The van der Waals surface area contributed by atoms with Gasteiger partial charge in [-0.05, 0) is 93.2 Å². The lowest BCUT2D eigenvalue weighted by atomic mass is 9.49. The van der Waals surface area contributed by atoms with Crippen LogP contribution in [0.1, 0.15) is 75.8 Å². The molecule has 6 nitrogen and oxygen atoms in total. The van der Waals surface area contributed by atoms with Crippen molar-refractivity contribution in [3.63, 3.8) is 0 Å². The van der Waals surface area contributed by atoms with Crippen molar-refractivity contribution in [2.24, 2.45) is 23.2 Å². The number of ether oxygens (including phenoxy) is 2. The van der Waals surface area contributed by atoms with Gasteiger partial charge < -0.3 is 19.7 Å². The number of rotatable bonds is 8. The lowest BCUT2D eigenvalue weighted by molar-refractivity contribution is -0.146. The van der Waals surface area contributed by atoms with E-state index in [1.165, 1.54) is 19.3 Å². The van der Waals surface area contributed by atoms with Gasteiger partial charge in [0.1, 0.15) is 0 Å². The van der Waals surface area contributed by atoms with Gasteiger partial charge in [0.05, 0.1) is 20.3 Å². The monoisotopic (exact) mass is 454 g/mol. The first kappa shape index (κ1) is 22.5. The van der Waals surface area contributed by atoms with Crippen molar-refractivity contribution in [2.45, 2.75) is 70.3 Å². The van der Waals surface area contributed by atoms with Crippen LogP contribution in [0.4, 0.5) is 0 Å². The number of nitrogens with zero attached hydrogens (tertiary/aromatic N) is 1. The minimum Gasteiger partial charge on any atom is -0.493 e. The van der Waals surface area contributed by atoms with Crippen LogP contribution in [0.15, 0.2) is 18.2 Å². The molecule has 4 saturated carbocycles. The average molecular weight is 455 g/mol. The summed E-state index contributed by atoms with van der Waals surface area (Å²) < 4.78 is 10.8. The van der Waals surface area contributed by atoms with E-state index in [-0.39, 0.29) is 23.3 Å². The molecule has 1 heterocycles. The van der Waals surface area contributed by atoms with Crippen molar-refractivity contribution in [1.29, 1.82) is 0 Å².